The van der Waals surface area contributed by atoms with Crippen LogP contribution in [0.15, 0.2) is 30.3 Å². The minimum absolute atomic E-state index is 0.0488. The van der Waals surface area contributed by atoms with E-state index >= 15 is 0 Å². The second-order valence-corrected chi connectivity index (χ2v) is 6.99. The van der Waals surface area contributed by atoms with E-state index in [2.05, 4.69) is 0 Å². The van der Waals surface area contributed by atoms with E-state index in [1.165, 1.54) is 4.90 Å². The van der Waals surface area contributed by atoms with Crippen LogP contribution in [0, 0.1) is 5.92 Å². The molecular formula is C14H18N2O4S. The lowest BCUT2D eigenvalue weighted by molar-refractivity contribution is -0.141. The molecule has 2 atom stereocenters. The third kappa shape index (κ3) is 3.60. The van der Waals surface area contributed by atoms with Crippen LogP contribution in [-0.4, -0.2) is 38.4 Å². The lowest BCUT2D eigenvalue weighted by atomic mass is 9.84. The molecule has 6 nitrogen and oxygen atoms in total. The van der Waals surface area contributed by atoms with E-state index in [-0.39, 0.29) is 12.3 Å². The standard InChI is InChI=1S/C14H18N2O4S/c1-16-12(17)9-8-11(14(18)15-21(2,19)20)13(16)10-6-4-3-5-7-10/h3-7,11,13H,8-9H2,1-2H3,(H,15,18). The monoisotopic (exact) mass is 310 g/mol. The highest BCUT2D eigenvalue weighted by molar-refractivity contribution is 7.89. The third-order valence-corrected chi connectivity index (χ3v) is 4.20. The molecule has 1 aliphatic heterocycles. The van der Waals surface area contributed by atoms with Gasteiger partial charge < -0.3 is 4.90 Å². The van der Waals surface area contributed by atoms with E-state index in [0.717, 1.165) is 11.8 Å². The van der Waals surface area contributed by atoms with Crippen LogP contribution in [0.1, 0.15) is 24.4 Å². The molecule has 1 aromatic rings. The summed E-state index contributed by atoms with van der Waals surface area (Å²) in [6, 6.07) is 8.72. The van der Waals surface area contributed by atoms with Gasteiger partial charge in [0.1, 0.15) is 0 Å². The molecule has 0 radical (unpaired) electrons. The van der Waals surface area contributed by atoms with Gasteiger partial charge in [-0.05, 0) is 12.0 Å². The molecule has 0 spiro atoms. The van der Waals surface area contributed by atoms with E-state index in [9.17, 15) is 18.0 Å². The minimum atomic E-state index is -3.61. The van der Waals surface area contributed by atoms with Crippen molar-refractivity contribution in [3.8, 4) is 0 Å². The Labute approximate surface area is 124 Å². The largest absolute Gasteiger partial charge is 0.338 e. The first kappa shape index (κ1) is 15.5. The Bertz CT molecular complexity index is 642. The Balaban J connectivity index is 2.34. The van der Waals surface area contributed by atoms with Gasteiger partial charge in [0.05, 0.1) is 18.2 Å². The number of rotatable bonds is 3. The maximum absolute atomic E-state index is 12.2. The van der Waals surface area contributed by atoms with Crippen molar-refractivity contribution in [2.45, 2.75) is 18.9 Å². The molecule has 1 aromatic carbocycles. The number of nitrogens with zero attached hydrogens (tertiary/aromatic N) is 1. The Morgan fingerprint density at radius 3 is 2.48 bits per heavy atom. The van der Waals surface area contributed by atoms with Crippen molar-refractivity contribution >= 4 is 21.8 Å². The van der Waals surface area contributed by atoms with Gasteiger partial charge in [0, 0.05) is 13.5 Å². The van der Waals surface area contributed by atoms with Crippen LogP contribution in [0.25, 0.3) is 0 Å². The quantitative estimate of drug-likeness (QED) is 0.889. The first-order chi connectivity index (χ1) is 9.79. The SMILES string of the molecule is CN1C(=O)CCC(C(=O)NS(C)(=O)=O)C1c1ccccc1. The van der Waals surface area contributed by atoms with Crippen molar-refractivity contribution in [3.63, 3.8) is 0 Å². The topological polar surface area (TPSA) is 83.6 Å². The summed E-state index contributed by atoms with van der Waals surface area (Å²) in [6.07, 6.45) is 1.52. The molecule has 1 heterocycles. The lowest BCUT2D eigenvalue weighted by Gasteiger charge is -2.38. The van der Waals surface area contributed by atoms with E-state index in [4.69, 9.17) is 0 Å². The molecule has 114 valence electrons. The van der Waals surface area contributed by atoms with Crippen molar-refractivity contribution in [2.75, 3.05) is 13.3 Å². The van der Waals surface area contributed by atoms with Crippen LogP contribution < -0.4 is 4.72 Å². The highest BCUT2D eigenvalue weighted by Gasteiger charge is 2.39. The Hall–Kier alpha value is -1.89. The van der Waals surface area contributed by atoms with Crippen molar-refractivity contribution in [3.05, 3.63) is 35.9 Å². The summed E-state index contributed by atoms with van der Waals surface area (Å²) in [6.45, 7) is 0. The van der Waals surface area contributed by atoms with Gasteiger partial charge in [-0.1, -0.05) is 30.3 Å². The second kappa shape index (κ2) is 5.85. The number of carbonyl (C=O) groups is 2. The van der Waals surface area contributed by atoms with Gasteiger partial charge in [-0.3, -0.25) is 14.3 Å². The zero-order valence-corrected chi connectivity index (χ0v) is 12.8. The van der Waals surface area contributed by atoms with Gasteiger partial charge in [0.15, 0.2) is 0 Å². The smallest absolute Gasteiger partial charge is 0.238 e. The molecule has 2 unspecified atom stereocenters. The molecule has 2 amide bonds. The summed E-state index contributed by atoms with van der Waals surface area (Å²) in [7, 11) is -1.97. The summed E-state index contributed by atoms with van der Waals surface area (Å²) < 4.78 is 24.5. The van der Waals surface area contributed by atoms with Crippen LogP contribution in [0.5, 0.6) is 0 Å². The minimum Gasteiger partial charge on any atom is -0.338 e. The molecular weight excluding hydrogens is 292 g/mol. The number of sulfonamides is 1. The molecule has 0 bridgehead atoms. The predicted molar refractivity (Wildman–Crippen MR) is 77.7 cm³/mol. The Morgan fingerprint density at radius 2 is 1.90 bits per heavy atom. The van der Waals surface area contributed by atoms with Crippen LogP contribution in [-0.2, 0) is 19.6 Å². The van der Waals surface area contributed by atoms with Crippen LogP contribution >= 0.6 is 0 Å². The lowest BCUT2D eigenvalue weighted by Crippen LogP contribution is -2.47. The van der Waals surface area contributed by atoms with Crippen LogP contribution in [0.4, 0.5) is 0 Å². The number of hydrogen-bond donors (Lipinski definition) is 1. The van der Waals surface area contributed by atoms with Gasteiger partial charge in [-0.25, -0.2) is 8.42 Å². The number of carbonyl (C=O) groups excluding carboxylic acids is 2. The van der Waals surface area contributed by atoms with Gasteiger partial charge in [-0.2, -0.15) is 0 Å². The number of piperidine rings is 1. The molecule has 2 rings (SSSR count). The maximum atomic E-state index is 12.2. The van der Waals surface area contributed by atoms with Crippen LogP contribution in [0.2, 0.25) is 0 Å². The van der Waals surface area contributed by atoms with E-state index in [1.54, 1.807) is 7.05 Å². The molecule has 7 heteroatoms. The average Bonchev–Trinajstić information content (AvgIpc) is 2.40. The normalized spacial score (nSPS) is 23.0. The first-order valence-corrected chi connectivity index (χ1v) is 8.51. The van der Waals surface area contributed by atoms with Gasteiger partial charge in [0.2, 0.25) is 21.8 Å². The molecule has 0 aromatic heterocycles. The van der Waals surface area contributed by atoms with E-state index < -0.39 is 27.9 Å². The molecule has 0 saturated carbocycles. The molecule has 1 saturated heterocycles. The zero-order valence-electron chi connectivity index (χ0n) is 11.9. The fourth-order valence-electron chi connectivity index (χ4n) is 2.68. The fourth-order valence-corrected chi connectivity index (χ4v) is 3.19. The first-order valence-electron chi connectivity index (χ1n) is 6.62. The van der Waals surface area contributed by atoms with Crippen LogP contribution in [0.3, 0.4) is 0 Å². The summed E-state index contributed by atoms with van der Waals surface area (Å²) in [5, 5.41) is 0. The maximum Gasteiger partial charge on any atom is 0.238 e. The van der Waals surface area contributed by atoms with Crippen molar-refractivity contribution < 1.29 is 18.0 Å². The summed E-state index contributed by atoms with van der Waals surface area (Å²) in [5.74, 6) is -1.19. The summed E-state index contributed by atoms with van der Waals surface area (Å²) >= 11 is 0. The molecule has 1 fully saturated rings. The predicted octanol–water partition coefficient (Wildman–Crippen LogP) is 0.672. The summed E-state index contributed by atoms with van der Waals surface area (Å²) in [5.41, 5.74) is 0.821. The number of hydrogen-bond acceptors (Lipinski definition) is 4. The molecule has 1 N–H and O–H groups in total. The Kier molecular flexibility index (Phi) is 4.32. The number of nitrogens with one attached hydrogen (secondary N) is 1. The Morgan fingerprint density at radius 1 is 1.29 bits per heavy atom. The number of benzene rings is 1. The average molecular weight is 310 g/mol. The second-order valence-electron chi connectivity index (χ2n) is 5.24. The van der Waals surface area contributed by atoms with Gasteiger partial charge in [0.25, 0.3) is 0 Å². The zero-order chi connectivity index (χ0) is 15.6. The van der Waals surface area contributed by atoms with E-state index in [1.807, 2.05) is 35.1 Å². The number of likely N-dealkylation sites (tertiary alicyclic amines) is 1. The van der Waals surface area contributed by atoms with Gasteiger partial charge >= 0.3 is 0 Å². The fraction of sp³-hybridized carbons (Fsp3) is 0.429. The highest BCUT2D eigenvalue weighted by Crippen LogP contribution is 2.35. The van der Waals surface area contributed by atoms with Crippen molar-refractivity contribution in [1.82, 2.24) is 9.62 Å². The highest BCUT2D eigenvalue weighted by atomic mass is 32.2. The third-order valence-electron chi connectivity index (χ3n) is 3.62. The van der Waals surface area contributed by atoms with Crippen molar-refractivity contribution in [1.29, 1.82) is 0 Å². The molecule has 0 aliphatic carbocycles. The van der Waals surface area contributed by atoms with E-state index in [0.29, 0.717) is 6.42 Å². The van der Waals surface area contributed by atoms with Crippen molar-refractivity contribution in [2.24, 2.45) is 5.92 Å². The summed E-state index contributed by atoms with van der Waals surface area (Å²) in [4.78, 5) is 25.6. The number of amides is 2. The molecule has 1 aliphatic rings. The van der Waals surface area contributed by atoms with Gasteiger partial charge in [-0.15, -0.1) is 0 Å². The molecule has 21 heavy (non-hydrogen) atoms.